The first-order valence-electron chi connectivity index (χ1n) is 4.46. The molecule has 1 aliphatic heterocycles. The van der Waals surface area contributed by atoms with Crippen molar-refractivity contribution in [2.75, 3.05) is 0 Å². The molecule has 0 unspecified atom stereocenters. The van der Waals surface area contributed by atoms with Crippen molar-refractivity contribution < 1.29 is 0 Å². The lowest BCUT2D eigenvalue weighted by Gasteiger charge is -2.31. The average Bonchev–Trinajstić information content (AvgIpc) is 2.34. The van der Waals surface area contributed by atoms with Crippen LogP contribution in [0, 0.1) is 0 Å². The minimum atomic E-state index is -1.15. The summed E-state index contributed by atoms with van der Waals surface area (Å²) in [5.74, 6) is 0. The molecule has 0 radical (unpaired) electrons. The highest BCUT2D eigenvalue weighted by Gasteiger charge is 2.35. The third kappa shape index (κ3) is 1.34. The third-order valence-corrected chi connectivity index (χ3v) is 8.42. The summed E-state index contributed by atoms with van der Waals surface area (Å²) in [5, 5.41) is 0. The van der Waals surface area contributed by atoms with E-state index in [4.69, 9.17) is 0 Å². The van der Waals surface area contributed by atoms with Crippen LogP contribution in [0.1, 0.15) is 27.7 Å². The maximum atomic E-state index is 2.47. The fraction of sp³-hybridized carbons (Fsp3) is 0.600. The molecule has 0 spiro atoms. The van der Waals surface area contributed by atoms with E-state index in [2.05, 4.69) is 51.2 Å². The molecule has 1 aliphatic rings. The SMILES string of the molecule is CC(C)[Si]1(C(C)C)C=CC=C1. The van der Waals surface area contributed by atoms with Gasteiger partial charge in [0.2, 0.25) is 0 Å². The molecule has 0 saturated heterocycles. The molecule has 0 atom stereocenters. The van der Waals surface area contributed by atoms with Crippen molar-refractivity contribution in [3.63, 3.8) is 0 Å². The van der Waals surface area contributed by atoms with Gasteiger partial charge in [0.1, 0.15) is 8.07 Å². The summed E-state index contributed by atoms with van der Waals surface area (Å²) in [4.78, 5) is 0. The van der Waals surface area contributed by atoms with Crippen molar-refractivity contribution in [2.45, 2.75) is 38.8 Å². The van der Waals surface area contributed by atoms with Crippen LogP contribution < -0.4 is 0 Å². The zero-order valence-electron chi connectivity index (χ0n) is 7.96. The Bertz CT molecular complexity index is 165. The van der Waals surface area contributed by atoms with Crippen LogP contribution in [0.15, 0.2) is 23.6 Å². The largest absolute Gasteiger partial charge is 0.107 e. The Morgan fingerprint density at radius 3 is 1.36 bits per heavy atom. The molecule has 0 N–H and O–H groups in total. The Balaban J connectivity index is 2.90. The number of allylic oxidation sites excluding steroid dienone is 2. The predicted octanol–water partition coefficient (Wildman–Crippen LogP) is 3.46. The van der Waals surface area contributed by atoms with Crippen molar-refractivity contribution in [1.82, 2.24) is 0 Å². The first-order chi connectivity index (χ1) is 5.09. The highest BCUT2D eigenvalue weighted by molar-refractivity contribution is 6.91. The summed E-state index contributed by atoms with van der Waals surface area (Å²) in [7, 11) is -1.15. The van der Waals surface area contributed by atoms with E-state index in [0.717, 1.165) is 11.1 Å². The molecule has 0 nitrogen and oxygen atoms in total. The second kappa shape index (κ2) is 2.98. The van der Waals surface area contributed by atoms with Gasteiger partial charge in [0, 0.05) is 0 Å². The Hall–Kier alpha value is -0.303. The Morgan fingerprint density at radius 2 is 1.18 bits per heavy atom. The Morgan fingerprint density at radius 1 is 0.818 bits per heavy atom. The quantitative estimate of drug-likeness (QED) is 0.551. The van der Waals surface area contributed by atoms with E-state index in [1.54, 1.807) is 0 Å². The van der Waals surface area contributed by atoms with Gasteiger partial charge < -0.3 is 0 Å². The summed E-state index contributed by atoms with van der Waals surface area (Å²) in [6.07, 6.45) is 4.46. The van der Waals surface area contributed by atoms with Crippen LogP contribution in [-0.2, 0) is 0 Å². The maximum absolute atomic E-state index is 2.47. The number of rotatable bonds is 2. The fourth-order valence-electron chi connectivity index (χ4n) is 1.94. The second-order valence-corrected chi connectivity index (χ2v) is 9.00. The van der Waals surface area contributed by atoms with Gasteiger partial charge in [0.15, 0.2) is 0 Å². The molecule has 1 rings (SSSR count). The Kier molecular flexibility index (Phi) is 2.38. The number of hydrogen-bond acceptors (Lipinski definition) is 0. The van der Waals surface area contributed by atoms with E-state index in [1.807, 2.05) is 0 Å². The smallest absolute Gasteiger partial charge is 0.0900 e. The monoisotopic (exact) mass is 166 g/mol. The normalized spacial score (nSPS) is 20.5. The summed E-state index contributed by atoms with van der Waals surface area (Å²) < 4.78 is 0. The van der Waals surface area contributed by atoms with Crippen LogP contribution in [0.3, 0.4) is 0 Å². The van der Waals surface area contributed by atoms with E-state index in [-0.39, 0.29) is 0 Å². The van der Waals surface area contributed by atoms with Crippen molar-refractivity contribution >= 4 is 8.07 Å². The van der Waals surface area contributed by atoms with Crippen LogP contribution in [0.25, 0.3) is 0 Å². The summed E-state index contributed by atoms with van der Waals surface area (Å²) >= 11 is 0. The van der Waals surface area contributed by atoms with Crippen LogP contribution in [0.4, 0.5) is 0 Å². The molecule has 0 aromatic carbocycles. The molecule has 0 aliphatic carbocycles. The highest BCUT2D eigenvalue weighted by Crippen LogP contribution is 2.36. The van der Waals surface area contributed by atoms with Gasteiger partial charge >= 0.3 is 0 Å². The van der Waals surface area contributed by atoms with Gasteiger partial charge in [-0.05, 0) is 11.1 Å². The van der Waals surface area contributed by atoms with Crippen LogP contribution in [-0.4, -0.2) is 8.07 Å². The average molecular weight is 166 g/mol. The molecule has 0 amide bonds. The van der Waals surface area contributed by atoms with Gasteiger partial charge in [-0.25, -0.2) is 0 Å². The van der Waals surface area contributed by atoms with E-state index < -0.39 is 8.07 Å². The maximum Gasteiger partial charge on any atom is 0.107 e. The highest BCUT2D eigenvalue weighted by atomic mass is 28.3. The second-order valence-electron chi connectivity index (χ2n) is 4.03. The molecule has 0 aromatic heterocycles. The molecule has 0 saturated carbocycles. The molecular formula is C10H18Si. The third-order valence-electron chi connectivity index (χ3n) is 2.88. The molecule has 62 valence electrons. The summed E-state index contributed by atoms with van der Waals surface area (Å²) in [6.45, 7) is 9.41. The van der Waals surface area contributed by atoms with Gasteiger partial charge in [-0.2, -0.15) is 0 Å². The van der Waals surface area contributed by atoms with Gasteiger partial charge in [0.25, 0.3) is 0 Å². The van der Waals surface area contributed by atoms with Gasteiger partial charge in [-0.3, -0.25) is 0 Å². The molecule has 0 bridgehead atoms. The van der Waals surface area contributed by atoms with E-state index >= 15 is 0 Å². The van der Waals surface area contributed by atoms with Gasteiger partial charge in [-0.1, -0.05) is 51.2 Å². The topological polar surface area (TPSA) is 0 Å². The molecule has 11 heavy (non-hydrogen) atoms. The zero-order valence-corrected chi connectivity index (χ0v) is 8.96. The first kappa shape index (κ1) is 8.79. The van der Waals surface area contributed by atoms with E-state index in [9.17, 15) is 0 Å². The number of hydrogen-bond donors (Lipinski definition) is 0. The molecule has 0 fully saturated rings. The van der Waals surface area contributed by atoms with Crippen molar-refractivity contribution in [3.8, 4) is 0 Å². The minimum Gasteiger partial charge on any atom is -0.0900 e. The van der Waals surface area contributed by atoms with Gasteiger partial charge in [0.05, 0.1) is 0 Å². The standard InChI is InChI=1S/C10H18Si/c1-9(2)11(10(3)4)7-5-6-8-11/h5-10H,1-4H3. The lowest BCUT2D eigenvalue weighted by Crippen LogP contribution is -2.35. The fourth-order valence-corrected chi connectivity index (χ4v) is 5.81. The van der Waals surface area contributed by atoms with Crippen molar-refractivity contribution in [1.29, 1.82) is 0 Å². The van der Waals surface area contributed by atoms with Crippen LogP contribution >= 0.6 is 0 Å². The molecule has 0 aromatic rings. The lowest BCUT2D eigenvalue weighted by molar-refractivity contribution is 0.927. The predicted molar refractivity (Wildman–Crippen MR) is 54.2 cm³/mol. The van der Waals surface area contributed by atoms with Crippen LogP contribution in [0.5, 0.6) is 0 Å². The van der Waals surface area contributed by atoms with Crippen molar-refractivity contribution in [2.24, 2.45) is 0 Å². The molecular weight excluding hydrogens is 148 g/mol. The summed E-state index contributed by atoms with van der Waals surface area (Å²) in [5.41, 5.74) is 6.64. The van der Waals surface area contributed by atoms with E-state index in [1.165, 1.54) is 0 Å². The van der Waals surface area contributed by atoms with E-state index in [0.29, 0.717) is 0 Å². The summed E-state index contributed by atoms with van der Waals surface area (Å²) in [6, 6.07) is 0. The zero-order chi connectivity index (χ0) is 8.48. The first-order valence-corrected chi connectivity index (χ1v) is 6.77. The van der Waals surface area contributed by atoms with Crippen molar-refractivity contribution in [3.05, 3.63) is 23.6 Å². The molecule has 1 heteroatoms. The molecule has 1 heterocycles. The lowest BCUT2D eigenvalue weighted by atomic mass is 10.5. The van der Waals surface area contributed by atoms with Crippen LogP contribution in [0.2, 0.25) is 11.1 Å². The minimum absolute atomic E-state index is 0.845. The van der Waals surface area contributed by atoms with Gasteiger partial charge in [-0.15, -0.1) is 0 Å². The Labute approximate surface area is 71.0 Å².